The van der Waals surface area contributed by atoms with Gasteiger partial charge in [0.2, 0.25) is 0 Å². The molecule has 1 heterocycles. The van der Waals surface area contributed by atoms with Crippen LogP contribution in [0.5, 0.6) is 0 Å². The van der Waals surface area contributed by atoms with Gasteiger partial charge in [-0.1, -0.05) is 19.1 Å². The molecule has 0 aliphatic carbocycles. The molecule has 2 aromatic rings. The van der Waals surface area contributed by atoms with E-state index >= 15 is 0 Å². The summed E-state index contributed by atoms with van der Waals surface area (Å²) in [4.78, 5) is 8.50. The van der Waals surface area contributed by atoms with E-state index in [1.54, 1.807) is 24.5 Å². The van der Waals surface area contributed by atoms with E-state index in [-0.39, 0.29) is 5.82 Å². The zero-order chi connectivity index (χ0) is 12.8. The minimum absolute atomic E-state index is 0.273. The second-order valence-electron chi connectivity index (χ2n) is 4.10. The maximum Gasteiger partial charge on any atom is 0.159 e. The van der Waals surface area contributed by atoms with Crippen molar-refractivity contribution in [2.45, 2.75) is 19.9 Å². The van der Waals surface area contributed by atoms with Crippen molar-refractivity contribution in [3.05, 3.63) is 48.0 Å². The third-order valence-corrected chi connectivity index (χ3v) is 2.54. The van der Waals surface area contributed by atoms with E-state index in [1.807, 2.05) is 0 Å². The zero-order valence-electron chi connectivity index (χ0n) is 10.4. The van der Waals surface area contributed by atoms with Gasteiger partial charge in [-0.25, -0.2) is 14.4 Å². The molecule has 1 N–H and O–H groups in total. The third-order valence-electron chi connectivity index (χ3n) is 2.54. The Hall–Kier alpha value is -1.81. The molecular formula is C14H16FN3. The van der Waals surface area contributed by atoms with Gasteiger partial charge in [-0.2, -0.15) is 0 Å². The molecule has 0 bridgehead atoms. The quantitative estimate of drug-likeness (QED) is 0.823. The van der Waals surface area contributed by atoms with Crippen molar-refractivity contribution in [2.75, 3.05) is 6.54 Å². The van der Waals surface area contributed by atoms with Crippen LogP contribution in [0.2, 0.25) is 0 Å². The highest BCUT2D eigenvalue weighted by molar-refractivity contribution is 5.54. The topological polar surface area (TPSA) is 37.8 Å². The number of hydrogen-bond donors (Lipinski definition) is 1. The van der Waals surface area contributed by atoms with Gasteiger partial charge in [0.15, 0.2) is 5.82 Å². The Bertz CT molecular complexity index is 497. The first-order chi connectivity index (χ1) is 8.79. The zero-order valence-corrected chi connectivity index (χ0v) is 10.4. The predicted octanol–water partition coefficient (Wildman–Crippen LogP) is 2.78. The Kier molecular flexibility index (Phi) is 4.36. The number of hydrogen-bond acceptors (Lipinski definition) is 3. The molecule has 0 amide bonds. The Balaban J connectivity index is 2.07. The smallest absolute Gasteiger partial charge is 0.159 e. The molecule has 0 radical (unpaired) electrons. The molecule has 2 rings (SSSR count). The van der Waals surface area contributed by atoms with Crippen LogP contribution in [0.4, 0.5) is 4.39 Å². The molecule has 0 spiro atoms. The lowest BCUT2D eigenvalue weighted by molar-refractivity contribution is 0.628. The highest BCUT2D eigenvalue weighted by Gasteiger charge is 2.02. The summed E-state index contributed by atoms with van der Waals surface area (Å²) in [7, 11) is 0. The lowest BCUT2D eigenvalue weighted by Gasteiger charge is -2.04. The second-order valence-corrected chi connectivity index (χ2v) is 4.10. The molecular weight excluding hydrogens is 229 g/mol. The van der Waals surface area contributed by atoms with Crippen LogP contribution >= 0.6 is 0 Å². The minimum Gasteiger partial charge on any atom is -0.313 e. The lowest BCUT2D eigenvalue weighted by Crippen LogP contribution is -2.14. The number of halogens is 1. The summed E-state index contributed by atoms with van der Waals surface area (Å²) < 4.78 is 13.1. The molecule has 0 aliphatic rings. The van der Waals surface area contributed by atoms with E-state index in [9.17, 15) is 4.39 Å². The molecule has 18 heavy (non-hydrogen) atoms. The van der Waals surface area contributed by atoms with Crippen LogP contribution in [0.1, 0.15) is 18.9 Å². The molecule has 0 aliphatic heterocycles. The lowest BCUT2D eigenvalue weighted by atomic mass is 10.2. The van der Waals surface area contributed by atoms with Crippen molar-refractivity contribution in [3.63, 3.8) is 0 Å². The number of aromatic nitrogens is 2. The Morgan fingerprint density at radius 2 is 2.00 bits per heavy atom. The van der Waals surface area contributed by atoms with Crippen molar-refractivity contribution < 1.29 is 4.39 Å². The monoisotopic (exact) mass is 245 g/mol. The fraction of sp³-hybridized carbons (Fsp3) is 0.286. The van der Waals surface area contributed by atoms with Gasteiger partial charge < -0.3 is 5.32 Å². The Morgan fingerprint density at radius 3 is 2.67 bits per heavy atom. The molecule has 0 fully saturated rings. The average molecular weight is 245 g/mol. The Labute approximate surface area is 106 Å². The summed E-state index contributed by atoms with van der Waals surface area (Å²) in [6.45, 7) is 3.86. The van der Waals surface area contributed by atoms with Crippen LogP contribution in [0.3, 0.4) is 0 Å². The molecule has 0 saturated carbocycles. The van der Waals surface area contributed by atoms with E-state index in [0.717, 1.165) is 25.1 Å². The summed E-state index contributed by atoms with van der Waals surface area (Å²) in [6.07, 6.45) is 4.65. The van der Waals surface area contributed by atoms with Crippen molar-refractivity contribution in [1.82, 2.24) is 15.3 Å². The van der Waals surface area contributed by atoms with Gasteiger partial charge in [0.25, 0.3) is 0 Å². The van der Waals surface area contributed by atoms with Crippen molar-refractivity contribution in [3.8, 4) is 11.4 Å². The highest BCUT2D eigenvalue weighted by Crippen LogP contribution is 2.15. The van der Waals surface area contributed by atoms with Crippen LogP contribution in [0, 0.1) is 5.82 Å². The van der Waals surface area contributed by atoms with E-state index in [2.05, 4.69) is 22.2 Å². The van der Waals surface area contributed by atoms with Gasteiger partial charge in [0.1, 0.15) is 5.82 Å². The van der Waals surface area contributed by atoms with Crippen LogP contribution in [-0.4, -0.2) is 16.5 Å². The number of nitrogens with one attached hydrogen (secondary N) is 1. The standard InChI is InChI=1S/C14H16FN3/c1-2-6-16-8-11-9-17-14(18-10-11)12-4-3-5-13(15)7-12/h3-5,7,9-10,16H,2,6,8H2,1H3. The number of nitrogens with zero attached hydrogens (tertiary/aromatic N) is 2. The first-order valence-electron chi connectivity index (χ1n) is 6.07. The van der Waals surface area contributed by atoms with E-state index < -0.39 is 0 Å². The molecule has 0 unspecified atom stereocenters. The van der Waals surface area contributed by atoms with Gasteiger partial charge in [0, 0.05) is 30.1 Å². The molecule has 1 aromatic heterocycles. The van der Waals surface area contributed by atoms with Crippen molar-refractivity contribution in [2.24, 2.45) is 0 Å². The highest BCUT2D eigenvalue weighted by atomic mass is 19.1. The van der Waals surface area contributed by atoms with Gasteiger partial charge >= 0.3 is 0 Å². The minimum atomic E-state index is -0.273. The second kappa shape index (κ2) is 6.21. The van der Waals surface area contributed by atoms with E-state index in [4.69, 9.17) is 0 Å². The predicted molar refractivity (Wildman–Crippen MR) is 69.4 cm³/mol. The maximum absolute atomic E-state index is 13.1. The van der Waals surface area contributed by atoms with Crippen LogP contribution in [0.25, 0.3) is 11.4 Å². The summed E-state index contributed by atoms with van der Waals surface area (Å²) in [6, 6.07) is 6.30. The summed E-state index contributed by atoms with van der Waals surface area (Å²) >= 11 is 0. The summed E-state index contributed by atoms with van der Waals surface area (Å²) in [5, 5.41) is 3.28. The van der Waals surface area contributed by atoms with E-state index in [1.165, 1.54) is 12.1 Å². The SMILES string of the molecule is CCCNCc1cnc(-c2cccc(F)c2)nc1. The largest absolute Gasteiger partial charge is 0.313 e. The summed E-state index contributed by atoms with van der Waals surface area (Å²) in [5.74, 6) is 0.276. The fourth-order valence-electron chi connectivity index (χ4n) is 1.63. The fourth-order valence-corrected chi connectivity index (χ4v) is 1.63. The molecule has 0 atom stereocenters. The number of rotatable bonds is 5. The van der Waals surface area contributed by atoms with E-state index in [0.29, 0.717) is 11.4 Å². The molecule has 1 aromatic carbocycles. The first-order valence-corrected chi connectivity index (χ1v) is 6.07. The van der Waals surface area contributed by atoms with Crippen LogP contribution in [0.15, 0.2) is 36.7 Å². The van der Waals surface area contributed by atoms with Crippen molar-refractivity contribution in [1.29, 1.82) is 0 Å². The molecule has 3 nitrogen and oxygen atoms in total. The van der Waals surface area contributed by atoms with Gasteiger partial charge in [-0.05, 0) is 25.1 Å². The van der Waals surface area contributed by atoms with Gasteiger partial charge in [-0.3, -0.25) is 0 Å². The average Bonchev–Trinajstić information content (AvgIpc) is 2.40. The van der Waals surface area contributed by atoms with Crippen LogP contribution < -0.4 is 5.32 Å². The first kappa shape index (κ1) is 12.6. The van der Waals surface area contributed by atoms with Gasteiger partial charge in [0.05, 0.1) is 0 Å². The van der Waals surface area contributed by atoms with Gasteiger partial charge in [-0.15, -0.1) is 0 Å². The normalized spacial score (nSPS) is 10.6. The van der Waals surface area contributed by atoms with Crippen LogP contribution in [-0.2, 0) is 6.54 Å². The Morgan fingerprint density at radius 1 is 1.22 bits per heavy atom. The number of benzene rings is 1. The molecule has 0 saturated heterocycles. The third kappa shape index (κ3) is 3.34. The maximum atomic E-state index is 13.1. The molecule has 4 heteroatoms. The molecule has 94 valence electrons. The summed E-state index contributed by atoms with van der Waals surface area (Å²) in [5.41, 5.74) is 1.73. The van der Waals surface area contributed by atoms with Crippen molar-refractivity contribution >= 4 is 0 Å².